The number of fused-ring (bicyclic) bond motifs is 3. The lowest BCUT2D eigenvalue weighted by atomic mass is 9.94. The zero-order valence-corrected chi connectivity index (χ0v) is 16.7. The first-order valence-corrected chi connectivity index (χ1v) is 10.3. The third-order valence-corrected chi connectivity index (χ3v) is 5.45. The summed E-state index contributed by atoms with van der Waals surface area (Å²) < 4.78 is 5.77. The fourth-order valence-electron chi connectivity index (χ4n) is 3.89. The zero-order valence-electron chi connectivity index (χ0n) is 16.7. The Morgan fingerprint density at radius 1 is 1.13 bits per heavy atom. The van der Waals surface area contributed by atoms with Gasteiger partial charge < -0.3 is 24.9 Å². The lowest BCUT2D eigenvalue weighted by molar-refractivity contribution is -0.140. The Morgan fingerprint density at radius 3 is 2.73 bits per heavy atom. The normalized spacial score (nSPS) is 17.3. The van der Waals surface area contributed by atoms with Crippen molar-refractivity contribution < 1.29 is 19.4 Å². The Morgan fingerprint density at radius 2 is 1.93 bits per heavy atom. The van der Waals surface area contributed by atoms with E-state index in [-0.39, 0.29) is 0 Å². The Labute approximate surface area is 175 Å². The Kier molecular flexibility index (Phi) is 5.97. The monoisotopic (exact) mass is 407 g/mol. The van der Waals surface area contributed by atoms with Crippen molar-refractivity contribution in [3.63, 3.8) is 0 Å². The van der Waals surface area contributed by atoms with E-state index >= 15 is 0 Å². The van der Waals surface area contributed by atoms with Crippen LogP contribution in [0, 0.1) is 0 Å². The van der Waals surface area contributed by atoms with Crippen LogP contribution in [0.2, 0.25) is 0 Å². The molecule has 3 aliphatic heterocycles. The highest BCUT2D eigenvalue weighted by Gasteiger charge is 2.23. The fraction of sp³-hybridized carbons (Fsp3) is 0.348. The number of hydrogen-bond donors (Lipinski definition) is 2. The van der Waals surface area contributed by atoms with E-state index in [1.54, 1.807) is 18.2 Å². The molecule has 0 radical (unpaired) electrons. The molecule has 156 valence electrons. The number of carboxylic acids is 1. The molecule has 1 fully saturated rings. The Balaban J connectivity index is 0.000000181. The van der Waals surface area contributed by atoms with Crippen LogP contribution < -0.4 is 10.1 Å². The molecule has 7 heteroatoms. The van der Waals surface area contributed by atoms with E-state index in [0.717, 1.165) is 35.9 Å². The minimum atomic E-state index is -1.14. The molecule has 0 aliphatic carbocycles. The second kappa shape index (κ2) is 8.98. The number of nitrogens with zero attached hydrogens (tertiary/aromatic N) is 2. The fourth-order valence-corrected chi connectivity index (χ4v) is 3.89. The number of carbonyl (C=O) groups is 2. The van der Waals surface area contributed by atoms with Gasteiger partial charge in [0.05, 0.1) is 0 Å². The Hall–Kier alpha value is -3.35. The van der Waals surface area contributed by atoms with Crippen molar-refractivity contribution in [2.24, 2.45) is 4.99 Å². The van der Waals surface area contributed by atoms with Gasteiger partial charge in [0.15, 0.2) is 5.96 Å². The molecule has 0 saturated carbocycles. The maximum Gasteiger partial charge on any atom is 0.318 e. The summed E-state index contributed by atoms with van der Waals surface area (Å²) in [6.45, 7) is 4.52. The van der Waals surface area contributed by atoms with Gasteiger partial charge in [-0.1, -0.05) is 30.3 Å². The van der Waals surface area contributed by atoms with E-state index in [4.69, 9.17) is 9.84 Å². The molecule has 0 aromatic heterocycles. The highest BCUT2D eigenvalue weighted by Crippen LogP contribution is 2.37. The lowest BCUT2D eigenvalue weighted by Crippen LogP contribution is -2.49. The zero-order chi connectivity index (χ0) is 20.9. The van der Waals surface area contributed by atoms with Gasteiger partial charge in [0.1, 0.15) is 23.7 Å². The maximum absolute atomic E-state index is 11.0. The van der Waals surface area contributed by atoms with Crippen LogP contribution in [0.25, 0.3) is 0 Å². The molecular formula is C23H25N3O4. The van der Waals surface area contributed by atoms with Gasteiger partial charge in [0.25, 0.3) is 0 Å². The molecule has 0 amide bonds. The molecule has 1 saturated heterocycles. The van der Waals surface area contributed by atoms with E-state index < -0.39 is 11.9 Å². The standard InChI is InChI=1S/C16H12O4.C7H13N3/c17-9-13(16(18)19)10-5-6-15-12(7-10)8-11-3-1-2-4-14(11)20-15;1-3-8-7-9-4-2-6-10(7)5-1/h1-7,9,13H,8H2,(H,18,19);1-6H2,(H,8,9). The van der Waals surface area contributed by atoms with E-state index in [1.165, 1.54) is 25.9 Å². The third kappa shape index (κ3) is 4.30. The first kappa shape index (κ1) is 19.9. The third-order valence-electron chi connectivity index (χ3n) is 5.45. The van der Waals surface area contributed by atoms with Crippen LogP contribution in [-0.2, 0) is 16.0 Å². The summed E-state index contributed by atoms with van der Waals surface area (Å²) in [7, 11) is 0. The number of rotatable bonds is 3. The van der Waals surface area contributed by atoms with Crippen molar-refractivity contribution in [2.75, 3.05) is 26.2 Å². The minimum absolute atomic E-state index is 0.446. The number of carboxylic acid groups (broad SMARTS) is 1. The van der Waals surface area contributed by atoms with Gasteiger partial charge in [0.2, 0.25) is 0 Å². The van der Waals surface area contributed by atoms with Crippen LogP contribution in [0.4, 0.5) is 0 Å². The molecule has 3 heterocycles. The molecule has 0 bridgehead atoms. The van der Waals surface area contributed by atoms with Crippen LogP contribution in [0.15, 0.2) is 47.5 Å². The van der Waals surface area contributed by atoms with Gasteiger partial charge in [-0.05, 0) is 41.7 Å². The molecule has 5 rings (SSSR count). The molecule has 2 aromatic carbocycles. The van der Waals surface area contributed by atoms with Crippen molar-refractivity contribution in [3.8, 4) is 11.5 Å². The van der Waals surface area contributed by atoms with E-state index in [2.05, 4.69) is 15.2 Å². The van der Waals surface area contributed by atoms with Gasteiger partial charge in [-0.15, -0.1) is 0 Å². The van der Waals surface area contributed by atoms with Crippen LogP contribution in [-0.4, -0.2) is 54.4 Å². The molecule has 3 aliphatic rings. The lowest BCUT2D eigenvalue weighted by Gasteiger charge is -2.33. The summed E-state index contributed by atoms with van der Waals surface area (Å²) in [5, 5.41) is 12.3. The average Bonchev–Trinajstić information content (AvgIpc) is 2.78. The second-order valence-corrected chi connectivity index (χ2v) is 7.53. The van der Waals surface area contributed by atoms with Crippen LogP contribution in [0.3, 0.4) is 0 Å². The largest absolute Gasteiger partial charge is 0.480 e. The average molecular weight is 407 g/mol. The van der Waals surface area contributed by atoms with Gasteiger partial charge in [-0.2, -0.15) is 0 Å². The summed E-state index contributed by atoms with van der Waals surface area (Å²) >= 11 is 0. The SMILES string of the molecule is C1CN=C2NCCCN2C1.O=CC(C(=O)O)c1ccc2c(c1)Cc1ccccc1O2. The van der Waals surface area contributed by atoms with E-state index in [1.807, 2.05) is 24.3 Å². The second-order valence-electron chi connectivity index (χ2n) is 7.53. The first-order chi connectivity index (χ1) is 14.7. The number of carbonyl (C=O) groups excluding carboxylic acids is 1. The number of aliphatic imine (C=N–C) groups is 1. The smallest absolute Gasteiger partial charge is 0.318 e. The highest BCUT2D eigenvalue weighted by molar-refractivity contribution is 5.93. The van der Waals surface area contributed by atoms with Crippen molar-refractivity contribution in [1.82, 2.24) is 10.2 Å². The number of nitrogens with one attached hydrogen (secondary N) is 1. The van der Waals surface area contributed by atoms with E-state index in [0.29, 0.717) is 24.0 Å². The van der Waals surface area contributed by atoms with Crippen molar-refractivity contribution in [2.45, 2.75) is 25.2 Å². The van der Waals surface area contributed by atoms with Crippen molar-refractivity contribution >= 4 is 18.2 Å². The number of aldehydes is 1. The number of hydrogen-bond acceptors (Lipinski definition) is 6. The number of aliphatic carboxylic acids is 1. The summed E-state index contributed by atoms with van der Waals surface area (Å²) in [5.41, 5.74) is 2.43. The van der Waals surface area contributed by atoms with Gasteiger partial charge >= 0.3 is 5.97 Å². The Bertz CT molecular complexity index is 973. The molecule has 0 spiro atoms. The molecule has 2 aromatic rings. The quantitative estimate of drug-likeness (QED) is 0.513. The van der Waals surface area contributed by atoms with Crippen LogP contribution >= 0.6 is 0 Å². The highest BCUT2D eigenvalue weighted by atomic mass is 16.5. The number of benzene rings is 2. The molecule has 7 nitrogen and oxygen atoms in total. The van der Waals surface area contributed by atoms with Gasteiger partial charge in [-0.25, -0.2) is 0 Å². The summed E-state index contributed by atoms with van der Waals surface area (Å²) in [6.07, 6.45) is 3.61. The van der Waals surface area contributed by atoms with Crippen molar-refractivity contribution in [1.29, 1.82) is 0 Å². The molecule has 1 atom stereocenters. The van der Waals surface area contributed by atoms with Gasteiger partial charge in [-0.3, -0.25) is 9.79 Å². The molecular weight excluding hydrogens is 382 g/mol. The number of guanidine groups is 1. The predicted octanol–water partition coefficient (Wildman–Crippen LogP) is 2.79. The van der Waals surface area contributed by atoms with E-state index in [9.17, 15) is 9.59 Å². The number of para-hydroxylation sites is 1. The van der Waals surface area contributed by atoms with Crippen LogP contribution in [0.5, 0.6) is 11.5 Å². The van der Waals surface area contributed by atoms with Crippen LogP contribution in [0.1, 0.15) is 35.4 Å². The summed E-state index contributed by atoms with van der Waals surface area (Å²) in [6, 6.07) is 12.8. The summed E-state index contributed by atoms with van der Waals surface area (Å²) in [5.74, 6) is 0.396. The van der Waals surface area contributed by atoms with Gasteiger partial charge in [0, 0.05) is 32.6 Å². The molecule has 2 N–H and O–H groups in total. The molecule has 30 heavy (non-hydrogen) atoms. The first-order valence-electron chi connectivity index (χ1n) is 10.3. The van der Waals surface area contributed by atoms with Crippen molar-refractivity contribution in [3.05, 3.63) is 59.2 Å². The topological polar surface area (TPSA) is 91.2 Å². The predicted molar refractivity (Wildman–Crippen MR) is 113 cm³/mol. The number of ether oxygens (including phenoxy) is 1. The maximum atomic E-state index is 11.0. The molecule has 1 unspecified atom stereocenters. The summed E-state index contributed by atoms with van der Waals surface area (Å²) in [4.78, 5) is 28.7. The minimum Gasteiger partial charge on any atom is -0.480 e.